The number of benzene rings is 1. The molecule has 1 aromatic carbocycles. The van der Waals surface area contributed by atoms with Crippen LogP contribution < -0.4 is 0 Å². The zero-order valence-corrected chi connectivity index (χ0v) is 14.7. The van der Waals surface area contributed by atoms with E-state index >= 15 is 0 Å². The third-order valence-electron chi connectivity index (χ3n) is 4.51. The van der Waals surface area contributed by atoms with Crippen molar-refractivity contribution in [2.45, 2.75) is 38.6 Å². The van der Waals surface area contributed by atoms with Crippen molar-refractivity contribution in [1.29, 1.82) is 0 Å². The molecule has 5 heteroatoms. The lowest BCUT2D eigenvalue weighted by Crippen LogP contribution is -2.25. The topological polar surface area (TPSA) is 46.3 Å². The molecule has 0 saturated heterocycles. The summed E-state index contributed by atoms with van der Waals surface area (Å²) in [5, 5.41) is 2.20. The quantitative estimate of drug-likeness (QED) is 0.682. The van der Waals surface area contributed by atoms with E-state index in [9.17, 15) is 4.79 Å². The number of carbonyl (C=O) groups excluding carboxylic acids is 1. The lowest BCUT2D eigenvalue weighted by molar-refractivity contribution is 0.0789. The van der Waals surface area contributed by atoms with Gasteiger partial charge in [0, 0.05) is 36.9 Å². The molecule has 0 radical (unpaired) electrons. The summed E-state index contributed by atoms with van der Waals surface area (Å²) < 4.78 is 5.93. The molecule has 1 fully saturated rings. The number of nitrogens with zero attached hydrogens (tertiary/aromatic N) is 2. The van der Waals surface area contributed by atoms with Gasteiger partial charge >= 0.3 is 0 Å². The van der Waals surface area contributed by atoms with Crippen molar-refractivity contribution in [2.75, 3.05) is 7.05 Å². The van der Waals surface area contributed by atoms with Gasteiger partial charge in [-0.2, -0.15) is 0 Å². The van der Waals surface area contributed by atoms with Gasteiger partial charge in [-0.15, -0.1) is 11.3 Å². The first-order valence-electron chi connectivity index (χ1n) is 8.37. The second-order valence-electron chi connectivity index (χ2n) is 6.35. The fourth-order valence-electron chi connectivity index (χ4n) is 3.01. The van der Waals surface area contributed by atoms with E-state index in [4.69, 9.17) is 4.42 Å². The van der Waals surface area contributed by atoms with Gasteiger partial charge in [0.25, 0.3) is 5.91 Å². The second kappa shape index (κ2) is 6.06. The minimum Gasteiger partial charge on any atom is -0.461 e. The maximum Gasteiger partial charge on any atom is 0.265 e. The Balaban J connectivity index is 1.58. The number of amides is 1. The average molecular weight is 340 g/mol. The Morgan fingerprint density at radius 2 is 2.17 bits per heavy atom. The number of fused-ring (bicyclic) bond motifs is 1. The third kappa shape index (κ3) is 2.73. The Morgan fingerprint density at radius 1 is 1.38 bits per heavy atom. The summed E-state index contributed by atoms with van der Waals surface area (Å²) in [4.78, 5) is 19.6. The van der Waals surface area contributed by atoms with Crippen molar-refractivity contribution in [1.82, 2.24) is 9.88 Å². The van der Waals surface area contributed by atoms with Crippen LogP contribution in [0.5, 0.6) is 0 Å². The first-order valence-corrected chi connectivity index (χ1v) is 9.19. The number of carbonyl (C=O) groups is 1. The number of aryl methyl sites for hydroxylation is 1. The Hall–Kier alpha value is -2.14. The highest BCUT2D eigenvalue weighted by atomic mass is 32.1. The Morgan fingerprint density at radius 3 is 2.92 bits per heavy atom. The summed E-state index contributed by atoms with van der Waals surface area (Å²) >= 11 is 1.54. The zero-order chi connectivity index (χ0) is 16.7. The summed E-state index contributed by atoms with van der Waals surface area (Å²) in [6.45, 7) is 2.63. The van der Waals surface area contributed by atoms with Gasteiger partial charge in [0.15, 0.2) is 0 Å². The SMILES string of the molecule is CCc1oc2ccccc2c1CN(C)C(=O)c1cnc(C2CC2)s1. The summed E-state index contributed by atoms with van der Waals surface area (Å²) in [5.74, 6) is 1.58. The van der Waals surface area contributed by atoms with Crippen LogP contribution in [0.2, 0.25) is 0 Å². The van der Waals surface area contributed by atoms with Crippen LogP contribution in [0.1, 0.15) is 51.7 Å². The van der Waals surface area contributed by atoms with Crippen LogP contribution in [0.3, 0.4) is 0 Å². The van der Waals surface area contributed by atoms with Gasteiger partial charge in [0.1, 0.15) is 16.2 Å². The van der Waals surface area contributed by atoms with E-state index < -0.39 is 0 Å². The molecule has 1 aliphatic rings. The molecule has 1 amide bonds. The molecular weight excluding hydrogens is 320 g/mol. The average Bonchev–Trinajstić information content (AvgIpc) is 3.23. The van der Waals surface area contributed by atoms with Crippen molar-refractivity contribution in [3.8, 4) is 0 Å². The van der Waals surface area contributed by atoms with Crippen molar-refractivity contribution in [3.63, 3.8) is 0 Å². The molecule has 2 aromatic heterocycles. The molecule has 0 atom stereocenters. The molecule has 0 bridgehead atoms. The van der Waals surface area contributed by atoms with E-state index in [-0.39, 0.29) is 5.91 Å². The molecule has 0 aliphatic heterocycles. The van der Waals surface area contributed by atoms with Gasteiger partial charge in [-0.1, -0.05) is 25.1 Å². The van der Waals surface area contributed by atoms with Gasteiger partial charge in [0.05, 0.1) is 11.2 Å². The van der Waals surface area contributed by atoms with Crippen molar-refractivity contribution >= 4 is 28.2 Å². The Bertz CT molecular complexity index is 892. The predicted molar refractivity (Wildman–Crippen MR) is 95.5 cm³/mol. The Labute approximate surface area is 145 Å². The van der Waals surface area contributed by atoms with Crippen LogP contribution in [0, 0.1) is 0 Å². The van der Waals surface area contributed by atoms with Crippen LogP contribution in [0.4, 0.5) is 0 Å². The van der Waals surface area contributed by atoms with E-state index in [0.29, 0.717) is 12.5 Å². The van der Waals surface area contributed by atoms with E-state index in [0.717, 1.165) is 38.6 Å². The number of hydrogen-bond acceptors (Lipinski definition) is 4. The van der Waals surface area contributed by atoms with E-state index in [1.807, 2.05) is 25.2 Å². The highest BCUT2D eigenvalue weighted by molar-refractivity contribution is 7.13. The third-order valence-corrected chi connectivity index (χ3v) is 5.65. The summed E-state index contributed by atoms with van der Waals surface area (Å²) in [6, 6.07) is 8.02. The largest absolute Gasteiger partial charge is 0.461 e. The first-order chi connectivity index (χ1) is 11.7. The maximum absolute atomic E-state index is 12.7. The molecule has 2 heterocycles. The number of para-hydroxylation sites is 1. The van der Waals surface area contributed by atoms with Crippen LogP contribution in [0.15, 0.2) is 34.9 Å². The smallest absolute Gasteiger partial charge is 0.265 e. The standard InChI is InChI=1S/C19H20N2O2S/c1-3-15-14(13-6-4-5-7-16(13)23-15)11-21(2)19(22)17-10-20-18(24-17)12-8-9-12/h4-7,10,12H,3,8-9,11H2,1-2H3. The number of thiazole rings is 1. The minimum absolute atomic E-state index is 0.0340. The van der Waals surface area contributed by atoms with Crippen LogP contribution >= 0.6 is 11.3 Å². The summed E-state index contributed by atoms with van der Waals surface area (Å²) in [5.41, 5.74) is 2.00. The molecule has 124 valence electrons. The molecule has 4 nitrogen and oxygen atoms in total. The molecule has 0 unspecified atom stereocenters. The van der Waals surface area contributed by atoms with E-state index in [1.54, 1.807) is 22.4 Å². The van der Waals surface area contributed by atoms with E-state index in [1.165, 1.54) is 12.8 Å². The molecule has 0 N–H and O–H groups in total. The normalized spacial score (nSPS) is 14.2. The molecule has 24 heavy (non-hydrogen) atoms. The molecule has 0 spiro atoms. The van der Waals surface area contributed by atoms with Crippen molar-refractivity contribution in [3.05, 3.63) is 51.7 Å². The van der Waals surface area contributed by atoms with Gasteiger partial charge in [-0.05, 0) is 18.9 Å². The molecule has 4 rings (SSSR count). The molecular formula is C19H20N2O2S. The molecule has 3 aromatic rings. The number of hydrogen-bond donors (Lipinski definition) is 0. The number of aromatic nitrogens is 1. The maximum atomic E-state index is 12.7. The highest BCUT2D eigenvalue weighted by Gasteiger charge is 2.28. The zero-order valence-electron chi connectivity index (χ0n) is 13.9. The van der Waals surface area contributed by atoms with Gasteiger partial charge in [0.2, 0.25) is 0 Å². The van der Waals surface area contributed by atoms with Gasteiger partial charge in [-0.3, -0.25) is 4.79 Å². The van der Waals surface area contributed by atoms with Crippen LogP contribution in [-0.4, -0.2) is 22.8 Å². The molecule has 1 aliphatic carbocycles. The van der Waals surface area contributed by atoms with Crippen molar-refractivity contribution < 1.29 is 9.21 Å². The molecule has 1 saturated carbocycles. The fraction of sp³-hybridized carbons (Fsp3) is 0.368. The lowest BCUT2D eigenvalue weighted by Gasteiger charge is -2.16. The Kier molecular flexibility index (Phi) is 3.88. The van der Waals surface area contributed by atoms with Crippen LogP contribution in [-0.2, 0) is 13.0 Å². The minimum atomic E-state index is 0.0340. The summed E-state index contributed by atoms with van der Waals surface area (Å²) in [7, 11) is 1.85. The summed E-state index contributed by atoms with van der Waals surface area (Å²) in [6.07, 6.45) is 4.96. The number of rotatable bonds is 5. The monoisotopic (exact) mass is 340 g/mol. The van der Waals surface area contributed by atoms with Crippen LogP contribution in [0.25, 0.3) is 11.0 Å². The second-order valence-corrected chi connectivity index (χ2v) is 7.41. The highest BCUT2D eigenvalue weighted by Crippen LogP contribution is 2.41. The first kappa shape index (κ1) is 15.4. The van der Waals surface area contributed by atoms with Gasteiger partial charge in [-0.25, -0.2) is 4.98 Å². The van der Waals surface area contributed by atoms with Crippen molar-refractivity contribution in [2.24, 2.45) is 0 Å². The fourth-order valence-corrected chi connectivity index (χ4v) is 4.09. The van der Waals surface area contributed by atoms with E-state index in [2.05, 4.69) is 18.0 Å². The lowest BCUT2D eigenvalue weighted by atomic mass is 10.1. The van der Waals surface area contributed by atoms with Gasteiger partial charge < -0.3 is 9.32 Å². The predicted octanol–water partition coefficient (Wildman–Crippen LogP) is 4.60. The number of furan rings is 1.